The number of halogens is 1. The van der Waals surface area contributed by atoms with Crippen molar-refractivity contribution in [1.29, 1.82) is 0 Å². The minimum absolute atomic E-state index is 0.262. The molecular weight excluding hydrogens is 383 g/mol. The number of benzene rings is 1. The maximum Gasteiger partial charge on any atom is 0.225 e. The molecule has 154 valence electrons. The minimum Gasteiger partial charge on any atom is -0.352 e. The van der Waals surface area contributed by atoms with E-state index in [0.717, 1.165) is 80.2 Å². The molecule has 0 unspecified atom stereocenters. The van der Waals surface area contributed by atoms with Crippen molar-refractivity contribution >= 4 is 22.8 Å². The predicted octanol–water partition coefficient (Wildman–Crippen LogP) is 2.89. The number of hydrogen-bond acceptors (Lipinski definition) is 5. The molecule has 3 aliphatic rings. The average molecular weight is 406 g/mol. The highest BCUT2D eigenvalue weighted by molar-refractivity contribution is 5.88. The van der Waals surface area contributed by atoms with E-state index in [1.54, 1.807) is 23.0 Å². The lowest BCUT2D eigenvalue weighted by Crippen LogP contribution is -2.49. The topological polar surface area (TPSA) is 67.2 Å². The zero-order chi connectivity index (χ0) is 20.2. The van der Waals surface area contributed by atoms with Gasteiger partial charge in [0.2, 0.25) is 5.91 Å². The summed E-state index contributed by atoms with van der Waals surface area (Å²) < 4.78 is 15.1. The maximum absolute atomic E-state index is 13.4. The van der Waals surface area contributed by atoms with Crippen LogP contribution in [0.1, 0.15) is 37.4 Å². The number of nitrogens with zero attached hydrogens (tertiary/aromatic N) is 6. The van der Waals surface area contributed by atoms with Gasteiger partial charge in [-0.1, -0.05) is 0 Å². The summed E-state index contributed by atoms with van der Waals surface area (Å²) in [4.78, 5) is 26.4. The van der Waals surface area contributed by atoms with Crippen LogP contribution in [-0.2, 0) is 4.79 Å². The van der Waals surface area contributed by atoms with Crippen molar-refractivity contribution in [3.8, 4) is 5.69 Å². The van der Waals surface area contributed by atoms with E-state index in [-0.39, 0.29) is 11.7 Å². The molecule has 2 saturated carbocycles. The van der Waals surface area contributed by atoms with Crippen molar-refractivity contribution in [2.75, 3.05) is 31.1 Å². The van der Waals surface area contributed by atoms with Gasteiger partial charge in [0.15, 0.2) is 5.65 Å². The normalized spacial score (nSPS) is 19.5. The fourth-order valence-electron chi connectivity index (χ4n) is 4.17. The lowest BCUT2D eigenvalue weighted by molar-refractivity contribution is -0.132. The summed E-state index contributed by atoms with van der Waals surface area (Å²) in [5.74, 6) is 2.46. The Hall–Kier alpha value is -3.03. The molecule has 0 spiro atoms. The Morgan fingerprint density at radius 2 is 1.70 bits per heavy atom. The van der Waals surface area contributed by atoms with E-state index in [1.807, 2.05) is 4.90 Å². The Bertz CT molecular complexity index is 1110. The lowest BCUT2D eigenvalue weighted by Gasteiger charge is -2.35. The first-order valence-corrected chi connectivity index (χ1v) is 10.7. The van der Waals surface area contributed by atoms with Crippen LogP contribution >= 0.6 is 0 Å². The van der Waals surface area contributed by atoms with Gasteiger partial charge in [0.1, 0.15) is 17.5 Å². The summed E-state index contributed by atoms with van der Waals surface area (Å²) in [6.45, 7) is 2.98. The number of anilines is 1. The van der Waals surface area contributed by atoms with E-state index >= 15 is 0 Å². The van der Waals surface area contributed by atoms with Crippen LogP contribution in [0.15, 0.2) is 30.5 Å². The highest BCUT2D eigenvalue weighted by atomic mass is 19.1. The quantitative estimate of drug-likeness (QED) is 0.667. The zero-order valence-electron chi connectivity index (χ0n) is 16.7. The van der Waals surface area contributed by atoms with Crippen LogP contribution in [0.5, 0.6) is 0 Å². The lowest BCUT2D eigenvalue weighted by atomic mass is 10.2. The van der Waals surface area contributed by atoms with Gasteiger partial charge in [-0.15, -0.1) is 0 Å². The molecule has 1 aromatic carbocycles. The number of piperazine rings is 1. The number of amides is 1. The van der Waals surface area contributed by atoms with Crippen molar-refractivity contribution < 1.29 is 9.18 Å². The molecule has 0 N–H and O–H groups in total. The molecule has 1 amide bonds. The average Bonchev–Trinajstić information content (AvgIpc) is 3.70. The number of fused-ring (bicyclic) bond motifs is 1. The Labute approximate surface area is 173 Å². The molecule has 0 bridgehead atoms. The molecule has 1 aliphatic heterocycles. The van der Waals surface area contributed by atoms with Crippen molar-refractivity contribution in [2.24, 2.45) is 5.92 Å². The van der Waals surface area contributed by atoms with Gasteiger partial charge < -0.3 is 9.80 Å². The van der Waals surface area contributed by atoms with E-state index in [2.05, 4.69) is 10.00 Å². The summed E-state index contributed by atoms with van der Waals surface area (Å²) >= 11 is 0. The van der Waals surface area contributed by atoms with Crippen LogP contribution in [0.2, 0.25) is 0 Å². The fourth-order valence-corrected chi connectivity index (χ4v) is 4.17. The van der Waals surface area contributed by atoms with Gasteiger partial charge >= 0.3 is 0 Å². The first kappa shape index (κ1) is 17.8. The summed E-state index contributed by atoms with van der Waals surface area (Å²) in [7, 11) is 0. The molecule has 1 saturated heterocycles. The van der Waals surface area contributed by atoms with Crippen LogP contribution in [0.4, 0.5) is 10.2 Å². The first-order chi connectivity index (χ1) is 14.7. The fraction of sp³-hybridized carbons (Fsp3) is 0.455. The molecule has 0 radical (unpaired) electrons. The van der Waals surface area contributed by atoms with E-state index in [1.165, 1.54) is 12.1 Å². The molecule has 0 atom stereocenters. The molecule has 3 fully saturated rings. The third-order valence-electron chi connectivity index (χ3n) is 6.26. The Morgan fingerprint density at radius 3 is 2.37 bits per heavy atom. The number of hydrogen-bond donors (Lipinski definition) is 0. The standard InChI is InChI=1S/C22H23FN6O/c23-16-5-7-17(8-6-16)29-21-18(13-24-29)20(25-19(26-21)14-1-2-14)27-9-11-28(12-10-27)22(30)15-3-4-15/h5-8,13-15H,1-4,9-12H2. The molecule has 3 aromatic rings. The van der Waals surface area contributed by atoms with Crippen LogP contribution in [-0.4, -0.2) is 56.7 Å². The van der Waals surface area contributed by atoms with Crippen molar-refractivity contribution in [3.63, 3.8) is 0 Å². The second-order valence-corrected chi connectivity index (χ2v) is 8.54. The second kappa shape index (κ2) is 6.75. The third-order valence-corrected chi connectivity index (χ3v) is 6.26. The van der Waals surface area contributed by atoms with Crippen LogP contribution in [0.3, 0.4) is 0 Å². The van der Waals surface area contributed by atoms with E-state index in [9.17, 15) is 9.18 Å². The highest BCUT2D eigenvalue weighted by Crippen LogP contribution is 2.40. The van der Waals surface area contributed by atoms with E-state index < -0.39 is 0 Å². The van der Waals surface area contributed by atoms with Gasteiger partial charge in [-0.25, -0.2) is 19.0 Å². The summed E-state index contributed by atoms with van der Waals surface area (Å²) in [5.41, 5.74) is 1.53. The molecular formula is C22H23FN6O. The Balaban J connectivity index is 1.35. The van der Waals surface area contributed by atoms with Crippen molar-refractivity contribution in [2.45, 2.75) is 31.6 Å². The smallest absolute Gasteiger partial charge is 0.225 e. The third kappa shape index (κ3) is 3.11. The first-order valence-electron chi connectivity index (χ1n) is 10.7. The van der Waals surface area contributed by atoms with Crippen molar-refractivity contribution in [1.82, 2.24) is 24.6 Å². The van der Waals surface area contributed by atoms with E-state index in [0.29, 0.717) is 11.8 Å². The zero-order valence-corrected chi connectivity index (χ0v) is 16.7. The van der Waals surface area contributed by atoms with Gasteiger partial charge in [-0.05, 0) is 49.9 Å². The van der Waals surface area contributed by atoms with Gasteiger partial charge in [0, 0.05) is 38.0 Å². The number of carbonyl (C=O) groups excluding carboxylic acids is 1. The number of aromatic nitrogens is 4. The van der Waals surface area contributed by atoms with Crippen LogP contribution in [0.25, 0.3) is 16.7 Å². The monoisotopic (exact) mass is 406 g/mol. The van der Waals surface area contributed by atoms with Crippen LogP contribution in [0, 0.1) is 11.7 Å². The highest BCUT2D eigenvalue weighted by Gasteiger charge is 2.35. The van der Waals surface area contributed by atoms with Gasteiger partial charge in [0.05, 0.1) is 17.3 Å². The van der Waals surface area contributed by atoms with Crippen molar-refractivity contribution in [3.05, 3.63) is 42.1 Å². The maximum atomic E-state index is 13.4. The molecule has 2 aliphatic carbocycles. The molecule has 8 heteroatoms. The van der Waals surface area contributed by atoms with E-state index in [4.69, 9.17) is 9.97 Å². The molecule has 7 nitrogen and oxygen atoms in total. The molecule has 3 heterocycles. The predicted molar refractivity (Wildman–Crippen MR) is 110 cm³/mol. The van der Waals surface area contributed by atoms with Gasteiger partial charge in [-0.2, -0.15) is 5.10 Å². The SMILES string of the molecule is O=C(C1CC1)N1CCN(c2nc(C3CC3)nc3c2cnn3-c2ccc(F)cc2)CC1. The molecule has 6 rings (SSSR count). The van der Waals surface area contributed by atoms with Gasteiger partial charge in [-0.3, -0.25) is 4.79 Å². The minimum atomic E-state index is -0.275. The second-order valence-electron chi connectivity index (χ2n) is 8.54. The molecule has 30 heavy (non-hydrogen) atoms. The number of carbonyl (C=O) groups is 1. The van der Waals surface area contributed by atoms with Crippen LogP contribution < -0.4 is 4.90 Å². The summed E-state index contributed by atoms with van der Waals surface area (Å²) in [6, 6.07) is 6.29. The summed E-state index contributed by atoms with van der Waals surface area (Å²) in [6.07, 6.45) is 6.10. The summed E-state index contributed by atoms with van der Waals surface area (Å²) in [5, 5.41) is 5.44. The van der Waals surface area contributed by atoms with Gasteiger partial charge in [0.25, 0.3) is 0 Å². The molecule has 2 aromatic heterocycles. The largest absolute Gasteiger partial charge is 0.352 e. The Morgan fingerprint density at radius 1 is 0.967 bits per heavy atom. The Kier molecular flexibility index (Phi) is 4.01. The number of rotatable bonds is 4.